The van der Waals surface area contributed by atoms with Crippen LogP contribution in [0.15, 0.2) is 12.5 Å². The predicted molar refractivity (Wildman–Crippen MR) is 72.2 cm³/mol. The molecule has 1 aromatic heterocycles. The number of hydrogen-bond donors (Lipinski definition) is 3. The van der Waals surface area contributed by atoms with Gasteiger partial charge in [-0.3, -0.25) is 4.79 Å². The van der Waals surface area contributed by atoms with Crippen molar-refractivity contribution in [1.82, 2.24) is 20.2 Å². The Bertz CT molecular complexity index is 474. The van der Waals surface area contributed by atoms with Gasteiger partial charge in [0.1, 0.15) is 0 Å². The summed E-state index contributed by atoms with van der Waals surface area (Å²) in [6.45, 7) is 3.07. The maximum atomic E-state index is 12.0. The van der Waals surface area contributed by atoms with Crippen molar-refractivity contribution in [2.24, 2.45) is 5.41 Å². The number of nitrogens with one attached hydrogen (secondary N) is 2. The third kappa shape index (κ3) is 3.28. The summed E-state index contributed by atoms with van der Waals surface area (Å²) < 4.78 is 0. The molecule has 2 heterocycles. The molecule has 1 fully saturated rings. The summed E-state index contributed by atoms with van der Waals surface area (Å²) in [6, 6.07) is -0.198. The number of carboxylic acids is 1. The summed E-state index contributed by atoms with van der Waals surface area (Å²) in [4.78, 5) is 31.7. The Kier molecular flexibility index (Phi) is 4.26. The van der Waals surface area contributed by atoms with Gasteiger partial charge < -0.3 is 20.3 Å². The molecule has 1 atom stereocenters. The van der Waals surface area contributed by atoms with Crippen molar-refractivity contribution < 1.29 is 14.7 Å². The minimum absolute atomic E-state index is 0.198. The Morgan fingerprint density at radius 1 is 1.60 bits per heavy atom. The molecule has 3 N–H and O–H groups in total. The third-order valence-corrected chi connectivity index (χ3v) is 3.73. The Morgan fingerprint density at radius 2 is 2.40 bits per heavy atom. The SMILES string of the molecule is CC1(C(=O)O)CCCN(C(=O)NCCc2cnc[nH]2)C1. The molecule has 7 heteroatoms. The lowest BCUT2D eigenvalue weighted by Crippen LogP contribution is -2.51. The largest absolute Gasteiger partial charge is 0.481 e. The van der Waals surface area contributed by atoms with Gasteiger partial charge in [-0.15, -0.1) is 0 Å². The lowest BCUT2D eigenvalue weighted by atomic mass is 9.82. The van der Waals surface area contributed by atoms with E-state index in [0.29, 0.717) is 25.9 Å². The van der Waals surface area contributed by atoms with Crippen molar-refractivity contribution in [3.8, 4) is 0 Å². The smallest absolute Gasteiger partial charge is 0.317 e. The highest BCUT2D eigenvalue weighted by Gasteiger charge is 2.39. The number of H-pyrrole nitrogens is 1. The molecule has 2 amide bonds. The third-order valence-electron chi connectivity index (χ3n) is 3.73. The van der Waals surface area contributed by atoms with Gasteiger partial charge in [-0.05, 0) is 19.8 Å². The Balaban J connectivity index is 1.81. The molecule has 1 aromatic rings. The van der Waals surface area contributed by atoms with Gasteiger partial charge in [0, 0.05) is 37.9 Å². The Labute approximate surface area is 117 Å². The number of amides is 2. The minimum atomic E-state index is -0.840. The monoisotopic (exact) mass is 280 g/mol. The molecule has 2 rings (SSSR count). The van der Waals surface area contributed by atoms with Crippen molar-refractivity contribution >= 4 is 12.0 Å². The Hall–Kier alpha value is -2.05. The highest BCUT2D eigenvalue weighted by molar-refractivity contribution is 5.78. The second-order valence-corrected chi connectivity index (χ2v) is 5.45. The van der Waals surface area contributed by atoms with Crippen LogP contribution in [0.3, 0.4) is 0 Å². The highest BCUT2D eigenvalue weighted by atomic mass is 16.4. The summed E-state index contributed by atoms with van der Waals surface area (Å²) in [6.07, 6.45) is 5.32. The van der Waals surface area contributed by atoms with Crippen LogP contribution < -0.4 is 5.32 Å². The number of hydrogen-bond acceptors (Lipinski definition) is 3. The molecular weight excluding hydrogens is 260 g/mol. The molecule has 1 unspecified atom stereocenters. The quantitative estimate of drug-likeness (QED) is 0.761. The molecule has 110 valence electrons. The zero-order valence-corrected chi connectivity index (χ0v) is 11.6. The van der Waals surface area contributed by atoms with Gasteiger partial charge in [-0.1, -0.05) is 0 Å². The standard InChI is InChI=1S/C13H20N4O3/c1-13(11(18)19)4-2-6-17(8-13)12(20)15-5-3-10-7-14-9-16-10/h7,9H,2-6,8H2,1H3,(H,14,16)(H,15,20)(H,18,19). The number of aromatic amines is 1. The van der Waals surface area contributed by atoms with Gasteiger partial charge in [-0.25, -0.2) is 9.78 Å². The number of piperidine rings is 1. The summed E-state index contributed by atoms with van der Waals surface area (Å²) in [5.74, 6) is -0.840. The van der Waals surface area contributed by atoms with Crippen LogP contribution in [0.5, 0.6) is 0 Å². The number of carboxylic acid groups (broad SMARTS) is 1. The lowest BCUT2D eigenvalue weighted by molar-refractivity contribution is -0.150. The number of carbonyl (C=O) groups excluding carboxylic acids is 1. The topological polar surface area (TPSA) is 98.3 Å². The molecule has 1 aliphatic heterocycles. The summed E-state index contributed by atoms with van der Waals surface area (Å²) in [7, 11) is 0. The van der Waals surface area contributed by atoms with E-state index >= 15 is 0 Å². The van der Waals surface area contributed by atoms with Crippen LogP contribution in [0.25, 0.3) is 0 Å². The highest BCUT2D eigenvalue weighted by Crippen LogP contribution is 2.29. The Morgan fingerprint density at radius 3 is 3.05 bits per heavy atom. The van der Waals surface area contributed by atoms with E-state index in [-0.39, 0.29) is 12.6 Å². The first-order chi connectivity index (χ1) is 9.51. The predicted octanol–water partition coefficient (Wildman–Crippen LogP) is 0.848. The fraction of sp³-hybridized carbons (Fsp3) is 0.615. The van der Waals surface area contributed by atoms with Crippen molar-refractivity contribution in [2.75, 3.05) is 19.6 Å². The first kappa shape index (κ1) is 14.4. The fourth-order valence-electron chi connectivity index (χ4n) is 2.42. The normalized spacial score (nSPS) is 22.6. The maximum Gasteiger partial charge on any atom is 0.317 e. The summed E-state index contributed by atoms with van der Waals surface area (Å²) >= 11 is 0. The molecule has 0 radical (unpaired) electrons. The van der Waals surface area contributed by atoms with Gasteiger partial charge >= 0.3 is 12.0 Å². The van der Waals surface area contributed by atoms with Crippen LogP contribution in [0.2, 0.25) is 0 Å². The first-order valence-electron chi connectivity index (χ1n) is 6.75. The van der Waals surface area contributed by atoms with E-state index in [9.17, 15) is 14.7 Å². The second kappa shape index (κ2) is 5.94. The molecule has 20 heavy (non-hydrogen) atoms. The number of likely N-dealkylation sites (tertiary alicyclic amines) is 1. The molecule has 7 nitrogen and oxygen atoms in total. The van der Waals surface area contributed by atoms with E-state index < -0.39 is 11.4 Å². The van der Waals surface area contributed by atoms with Crippen molar-refractivity contribution in [1.29, 1.82) is 0 Å². The first-order valence-corrected chi connectivity index (χ1v) is 6.75. The lowest BCUT2D eigenvalue weighted by Gasteiger charge is -2.37. The van der Waals surface area contributed by atoms with Crippen LogP contribution in [-0.4, -0.2) is 51.6 Å². The summed E-state index contributed by atoms with van der Waals surface area (Å²) in [5, 5.41) is 12.0. The van der Waals surface area contributed by atoms with Gasteiger partial charge in [0.25, 0.3) is 0 Å². The van der Waals surface area contributed by atoms with E-state index in [2.05, 4.69) is 15.3 Å². The molecule has 1 aliphatic rings. The minimum Gasteiger partial charge on any atom is -0.481 e. The number of aliphatic carboxylic acids is 1. The molecule has 0 aliphatic carbocycles. The maximum absolute atomic E-state index is 12.0. The average molecular weight is 280 g/mol. The number of carbonyl (C=O) groups is 2. The molecule has 1 saturated heterocycles. The fourth-order valence-corrected chi connectivity index (χ4v) is 2.42. The van der Waals surface area contributed by atoms with Crippen LogP contribution >= 0.6 is 0 Å². The van der Waals surface area contributed by atoms with E-state index in [1.807, 2.05) is 0 Å². The van der Waals surface area contributed by atoms with Crippen molar-refractivity contribution in [2.45, 2.75) is 26.2 Å². The molecule has 0 bridgehead atoms. The van der Waals surface area contributed by atoms with Crippen LogP contribution in [0, 0.1) is 5.41 Å². The van der Waals surface area contributed by atoms with Crippen LogP contribution in [0.4, 0.5) is 4.79 Å². The van der Waals surface area contributed by atoms with Crippen molar-refractivity contribution in [3.63, 3.8) is 0 Å². The van der Waals surface area contributed by atoms with Gasteiger partial charge in [-0.2, -0.15) is 0 Å². The molecular formula is C13H20N4O3. The van der Waals surface area contributed by atoms with E-state index in [1.165, 1.54) is 0 Å². The molecule has 0 saturated carbocycles. The van der Waals surface area contributed by atoms with Gasteiger partial charge in [0.2, 0.25) is 0 Å². The zero-order valence-electron chi connectivity index (χ0n) is 11.6. The van der Waals surface area contributed by atoms with Gasteiger partial charge in [0.05, 0.1) is 11.7 Å². The van der Waals surface area contributed by atoms with Gasteiger partial charge in [0.15, 0.2) is 0 Å². The number of nitrogens with zero attached hydrogens (tertiary/aromatic N) is 2. The summed E-state index contributed by atoms with van der Waals surface area (Å²) in [5.41, 5.74) is 0.123. The van der Waals surface area contributed by atoms with Crippen molar-refractivity contribution in [3.05, 3.63) is 18.2 Å². The zero-order chi connectivity index (χ0) is 14.6. The van der Waals surface area contributed by atoms with Crippen LogP contribution in [-0.2, 0) is 11.2 Å². The van der Waals surface area contributed by atoms with E-state index in [1.54, 1.807) is 24.3 Å². The number of urea groups is 1. The van der Waals surface area contributed by atoms with E-state index in [4.69, 9.17) is 0 Å². The molecule has 0 spiro atoms. The van der Waals surface area contributed by atoms with E-state index in [0.717, 1.165) is 12.1 Å². The number of imidazole rings is 1. The number of rotatable bonds is 4. The number of aromatic nitrogens is 2. The average Bonchev–Trinajstić information content (AvgIpc) is 2.91. The van der Waals surface area contributed by atoms with Crippen LogP contribution in [0.1, 0.15) is 25.5 Å². The molecule has 0 aromatic carbocycles. The second-order valence-electron chi connectivity index (χ2n) is 5.45.